The van der Waals surface area contributed by atoms with E-state index in [1.807, 2.05) is 0 Å². The molecule has 0 aliphatic carbocycles. The van der Waals surface area contributed by atoms with Gasteiger partial charge in [0, 0.05) is 80.9 Å². The lowest BCUT2D eigenvalue weighted by Crippen LogP contribution is -2.21. The number of aromatic nitrogens is 10. The third-order valence-electron chi connectivity index (χ3n) is 12.6. The number of alkyl halides is 6. The normalized spacial score (nSPS) is 11.5. The molecule has 86 heavy (non-hydrogen) atoms. The van der Waals surface area contributed by atoms with Gasteiger partial charge >= 0.3 is 20.6 Å². The van der Waals surface area contributed by atoms with Crippen LogP contribution in [-0.2, 0) is 52.3 Å². The molecule has 0 radical (unpaired) electrons. The molecule has 0 aliphatic rings. The average Bonchev–Trinajstić information content (AvgIpc) is 1.45. The Morgan fingerprint density at radius 1 is 0.581 bits per heavy atom. The summed E-state index contributed by atoms with van der Waals surface area (Å²) in [6, 6.07) is 14.9. The summed E-state index contributed by atoms with van der Waals surface area (Å²) in [5.41, 5.74) is 1.04. The van der Waals surface area contributed by atoms with Crippen LogP contribution >= 0.6 is 8.25 Å². The minimum atomic E-state index is -4.93. The van der Waals surface area contributed by atoms with Crippen LogP contribution in [0.2, 0.25) is 0 Å². The fourth-order valence-corrected chi connectivity index (χ4v) is 8.95. The second-order valence-electron chi connectivity index (χ2n) is 18.5. The number of carbonyl (C=O) groups excluding carboxylic acids is 2. The number of hydrogen-bond donors (Lipinski definition) is 8. The number of pyridine rings is 2. The van der Waals surface area contributed by atoms with Crippen molar-refractivity contribution < 1.29 is 69.2 Å². The molecule has 2 aromatic carbocycles. The Morgan fingerprint density at radius 3 is 1.34 bits per heavy atom. The lowest BCUT2D eigenvalue weighted by molar-refractivity contribution is -0.138. The Morgan fingerprint density at radius 2 is 0.977 bits per heavy atom. The number of aryl methyl sites for hydroxylation is 4. The number of ether oxygens (including phenoxy) is 2. The van der Waals surface area contributed by atoms with Crippen LogP contribution in [0.5, 0.6) is 11.5 Å². The molecule has 32 heteroatoms. The van der Waals surface area contributed by atoms with Crippen molar-refractivity contribution in [1.29, 1.82) is 0 Å². The van der Waals surface area contributed by atoms with Gasteiger partial charge in [0.05, 0.1) is 59.7 Å². The highest BCUT2D eigenvalue weighted by molar-refractivity contribution is 7.33. The quantitative estimate of drug-likeness (QED) is 0.0185. The van der Waals surface area contributed by atoms with Gasteiger partial charge in [-0.3, -0.25) is 19.0 Å². The van der Waals surface area contributed by atoms with Crippen LogP contribution in [0.15, 0.2) is 85.5 Å². The maximum Gasteiger partial charge on any atom is 0.698 e. The Bertz CT molecular complexity index is 3530. The summed E-state index contributed by atoms with van der Waals surface area (Å²) in [6.07, 6.45) is -4.46. The molecule has 0 saturated carbocycles. The minimum absolute atomic E-state index is 0.0502. The van der Waals surface area contributed by atoms with Crippen molar-refractivity contribution in [1.82, 2.24) is 60.1 Å². The Balaban J connectivity index is 0.912. The van der Waals surface area contributed by atoms with Crippen molar-refractivity contribution in [3.05, 3.63) is 130 Å². The van der Waals surface area contributed by atoms with E-state index in [1.54, 1.807) is 47.7 Å². The molecule has 452 valence electrons. The second-order valence-corrected chi connectivity index (χ2v) is 19.5. The van der Waals surface area contributed by atoms with E-state index in [0.717, 1.165) is 0 Å². The monoisotopic (exact) mass is 1220 g/mol. The van der Waals surface area contributed by atoms with E-state index < -0.39 is 55.2 Å². The van der Waals surface area contributed by atoms with Gasteiger partial charge in [-0.05, 0) is 86.3 Å². The van der Waals surface area contributed by atoms with E-state index in [2.05, 4.69) is 72.0 Å². The Hall–Kier alpha value is -9.42. The number of hydrogen-bond acceptors (Lipinski definition) is 21. The third-order valence-corrected chi connectivity index (χ3v) is 13.3. The first-order chi connectivity index (χ1) is 41.1. The van der Waals surface area contributed by atoms with Crippen molar-refractivity contribution in [3.8, 4) is 34.0 Å². The molecule has 2 amide bonds. The topological polar surface area (TPSA) is 314 Å². The van der Waals surface area contributed by atoms with Gasteiger partial charge in [0.15, 0.2) is 11.4 Å². The lowest BCUT2D eigenvalue weighted by Gasteiger charge is -2.17. The maximum absolute atomic E-state index is 14.4. The molecule has 0 saturated heterocycles. The fourth-order valence-electron chi connectivity index (χ4n) is 8.37. The predicted octanol–water partition coefficient (Wildman–Crippen LogP) is 9.30. The van der Waals surface area contributed by atoms with E-state index >= 15 is 0 Å². The fraction of sp³-hybridized carbons (Fsp3) is 0.296. The molecule has 0 atom stereocenters. The molecule has 0 fully saturated rings. The molecular formula is C54H56F6N16O9P+. The zero-order valence-electron chi connectivity index (χ0n) is 46.7. The SMILES string of the molecule is CNC(=O)c1nc(-c2cn(CCCO)nc2C)ccc1Nc1nc(Nc2ccc(CO[P+](=O)OCc3ccc(Nc4ncc(C(F)(F)F)c(Nc5ccc(-c6cn(CCCO)nc6C)nc5C(=O)NC)n4)c(OC)c3)cc2OC)ncc1C(F)(F)F. The zero-order chi connectivity index (χ0) is 61.9. The smallest absolute Gasteiger partial charge is 0.495 e. The van der Waals surface area contributed by atoms with Gasteiger partial charge in [-0.2, -0.15) is 46.5 Å². The molecule has 0 bridgehead atoms. The minimum Gasteiger partial charge on any atom is -0.495 e. The number of nitrogens with one attached hydrogen (secondary N) is 6. The van der Waals surface area contributed by atoms with Crippen molar-refractivity contribution in [2.75, 3.05) is 62.8 Å². The average molecular weight is 1220 g/mol. The summed E-state index contributed by atoms with van der Waals surface area (Å²) in [4.78, 5) is 51.1. The van der Waals surface area contributed by atoms with Gasteiger partial charge in [0.25, 0.3) is 11.8 Å². The standard InChI is InChI=1S/C54H55F6N16O9P/c1-29-33(25-75(73-29)17-7-19-77)37-13-15-41(45(65-37)49(79)61-3)67-47-35(53(55,56)57)23-63-51(71-47)69-39-11-9-31(21-43(39)82-5)27-84-86(81)85-28-32-10-12-40(44(22-32)83-6)70-52-64-24-36(54(58,59)60)48(72-52)68-42-16-14-38(66-46(42)50(80)62-4)34-26-76(18-8-20-78)74-30(34)2/h9-16,21-26,77-78H,7-8,17-20,27-28H2,1-6H3,(H5-,61,62,63,64,67,68,69,70,71,72,79,80)/p+1. The van der Waals surface area contributed by atoms with Crippen LogP contribution in [0.4, 0.5) is 72.6 Å². The largest absolute Gasteiger partial charge is 0.698 e. The zero-order valence-corrected chi connectivity index (χ0v) is 47.6. The van der Waals surface area contributed by atoms with Crippen molar-refractivity contribution >= 4 is 66.4 Å². The number of halogens is 6. The van der Waals surface area contributed by atoms with Crippen molar-refractivity contribution in [2.24, 2.45) is 0 Å². The van der Waals surface area contributed by atoms with E-state index in [1.165, 1.54) is 76.8 Å². The van der Waals surface area contributed by atoms with Gasteiger partial charge in [-0.15, -0.1) is 9.05 Å². The van der Waals surface area contributed by atoms with Gasteiger partial charge in [0.2, 0.25) is 11.9 Å². The highest BCUT2D eigenvalue weighted by Gasteiger charge is 2.37. The second kappa shape index (κ2) is 27.5. The first kappa shape index (κ1) is 62.6. The summed E-state index contributed by atoms with van der Waals surface area (Å²) in [7, 11) is 2.59. The van der Waals surface area contributed by atoms with Crippen LogP contribution in [0, 0.1) is 13.8 Å². The summed E-state index contributed by atoms with van der Waals surface area (Å²) in [5, 5.41) is 43.1. The van der Waals surface area contributed by atoms with Gasteiger partial charge in [0.1, 0.15) is 47.5 Å². The highest BCUT2D eigenvalue weighted by Crippen LogP contribution is 2.40. The van der Waals surface area contributed by atoms with Crippen LogP contribution in [0.1, 0.15) is 67.5 Å². The van der Waals surface area contributed by atoms with E-state index in [9.17, 15) is 50.7 Å². The number of amides is 2. The molecule has 6 heterocycles. The Kier molecular flexibility index (Phi) is 20.0. The summed E-state index contributed by atoms with van der Waals surface area (Å²) in [5.74, 6) is -3.09. The number of rotatable bonds is 26. The number of carbonyl (C=O) groups is 2. The molecule has 8 aromatic rings. The van der Waals surface area contributed by atoms with Crippen LogP contribution in [0.3, 0.4) is 0 Å². The number of anilines is 8. The van der Waals surface area contributed by atoms with E-state index in [4.69, 9.17) is 18.5 Å². The maximum atomic E-state index is 14.4. The van der Waals surface area contributed by atoms with Crippen LogP contribution in [-0.4, -0.2) is 113 Å². The summed E-state index contributed by atoms with van der Waals surface area (Å²) >= 11 is 0. The molecule has 6 aromatic heterocycles. The molecule has 8 rings (SSSR count). The summed E-state index contributed by atoms with van der Waals surface area (Å²) in [6.45, 7) is 3.68. The molecule has 0 spiro atoms. The number of aliphatic hydroxyl groups excluding tert-OH is 2. The van der Waals surface area contributed by atoms with Crippen LogP contribution < -0.4 is 41.4 Å². The van der Waals surface area contributed by atoms with Crippen molar-refractivity contribution in [2.45, 2.75) is 65.3 Å². The number of aliphatic hydroxyl groups is 2. The first-order valence-corrected chi connectivity index (χ1v) is 27.0. The number of methoxy groups -OCH3 is 2. The first-order valence-electron chi connectivity index (χ1n) is 25.9. The molecule has 25 nitrogen and oxygen atoms in total. The lowest BCUT2D eigenvalue weighted by atomic mass is 10.1. The highest BCUT2D eigenvalue weighted by atomic mass is 31.1. The number of benzene rings is 2. The predicted molar refractivity (Wildman–Crippen MR) is 301 cm³/mol. The number of nitrogens with zero attached hydrogens (tertiary/aromatic N) is 10. The van der Waals surface area contributed by atoms with Crippen LogP contribution in [0.25, 0.3) is 22.5 Å². The van der Waals surface area contributed by atoms with Crippen molar-refractivity contribution in [3.63, 3.8) is 0 Å². The van der Waals surface area contributed by atoms with E-state index in [-0.39, 0.29) is 84.0 Å². The molecule has 0 aliphatic heterocycles. The van der Waals surface area contributed by atoms with Gasteiger partial charge in [-0.25, -0.2) is 19.9 Å². The Labute approximate surface area is 486 Å². The third kappa shape index (κ3) is 15.3. The van der Waals surface area contributed by atoms with Gasteiger partial charge in [-0.1, -0.05) is 12.1 Å². The van der Waals surface area contributed by atoms with E-state index in [0.29, 0.717) is 83.4 Å². The summed E-state index contributed by atoms with van der Waals surface area (Å²) < 4.78 is 125. The molecule has 0 unspecified atom stereocenters. The van der Waals surface area contributed by atoms with Gasteiger partial charge < -0.3 is 51.6 Å². The molecule has 8 N–H and O–H groups in total. The molecular weight excluding hydrogens is 1160 g/mol.